The van der Waals surface area contributed by atoms with Crippen molar-refractivity contribution in [3.05, 3.63) is 11.1 Å². The number of carbonyl (C=O) groups is 2. The lowest BCUT2D eigenvalue weighted by molar-refractivity contribution is -0.136. The Balaban J connectivity index is 5.27. The first kappa shape index (κ1) is 13.7. The zero-order valence-electron chi connectivity index (χ0n) is 9.63. The average Bonchev–Trinajstić information content (AvgIpc) is 2.00. The van der Waals surface area contributed by atoms with Crippen LogP contribution in [-0.2, 0) is 9.59 Å². The highest BCUT2D eigenvalue weighted by Crippen LogP contribution is 2.27. The standard InChI is InChI=1S/C11H18O4/c1-5-7(9(12)13)8(10(14)15)6-11(2,3)4/h5-6H2,1-4H3,(H,12,13)(H,14,15). The van der Waals surface area contributed by atoms with Crippen LogP contribution in [0.25, 0.3) is 0 Å². The molecule has 0 amide bonds. The Morgan fingerprint density at radius 1 is 1.00 bits per heavy atom. The fourth-order valence-electron chi connectivity index (χ4n) is 1.34. The molecule has 0 aliphatic rings. The molecule has 0 aromatic rings. The molecule has 0 unspecified atom stereocenters. The van der Waals surface area contributed by atoms with E-state index in [1.807, 2.05) is 20.8 Å². The molecule has 15 heavy (non-hydrogen) atoms. The van der Waals surface area contributed by atoms with E-state index in [0.29, 0.717) is 0 Å². The van der Waals surface area contributed by atoms with Crippen LogP contribution < -0.4 is 0 Å². The van der Waals surface area contributed by atoms with E-state index in [0.717, 1.165) is 0 Å². The Morgan fingerprint density at radius 3 is 1.60 bits per heavy atom. The summed E-state index contributed by atoms with van der Waals surface area (Å²) < 4.78 is 0. The van der Waals surface area contributed by atoms with Crippen molar-refractivity contribution in [1.29, 1.82) is 0 Å². The van der Waals surface area contributed by atoms with Crippen LogP contribution in [0.2, 0.25) is 0 Å². The quantitative estimate of drug-likeness (QED) is 0.704. The van der Waals surface area contributed by atoms with Crippen LogP contribution in [0, 0.1) is 5.41 Å². The van der Waals surface area contributed by atoms with E-state index in [4.69, 9.17) is 10.2 Å². The molecule has 2 N–H and O–H groups in total. The maximum Gasteiger partial charge on any atom is 0.332 e. The summed E-state index contributed by atoms with van der Waals surface area (Å²) >= 11 is 0. The van der Waals surface area contributed by atoms with Crippen molar-refractivity contribution < 1.29 is 19.8 Å². The van der Waals surface area contributed by atoms with E-state index in [9.17, 15) is 9.59 Å². The lowest BCUT2D eigenvalue weighted by Gasteiger charge is -2.19. The molecule has 0 bridgehead atoms. The van der Waals surface area contributed by atoms with Gasteiger partial charge < -0.3 is 10.2 Å². The van der Waals surface area contributed by atoms with Gasteiger partial charge in [0.05, 0.1) is 0 Å². The Hall–Kier alpha value is -1.32. The van der Waals surface area contributed by atoms with Crippen molar-refractivity contribution in [3.8, 4) is 0 Å². The third kappa shape index (κ3) is 4.63. The summed E-state index contributed by atoms with van der Waals surface area (Å²) in [5.41, 5.74) is -0.223. The van der Waals surface area contributed by atoms with Crippen LogP contribution in [0.4, 0.5) is 0 Å². The number of carboxylic acid groups (broad SMARTS) is 2. The van der Waals surface area contributed by atoms with Gasteiger partial charge in [0.1, 0.15) is 0 Å². The maximum atomic E-state index is 11.0. The van der Waals surface area contributed by atoms with E-state index < -0.39 is 11.9 Å². The molecule has 0 atom stereocenters. The van der Waals surface area contributed by atoms with E-state index in [1.54, 1.807) is 6.92 Å². The van der Waals surface area contributed by atoms with Crippen molar-refractivity contribution in [2.24, 2.45) is 5.41 Å². The summed E-state index contributed by atoms with van der Waals surface area (Å²) in [4.78, 5) is 21.8. The van der Waals surface area contributed by atoms with Crippen LogP contribution in [-0.4, -0.2) is 22.2 Å². The second kappa shape index (κ2) is 4.96. The highest BCUT2D eigenvalue weighted by atomic mass is 16.4. The minimum absolute atomic E-state index is 0.00238. The van der Waals surface area contributed by atoms with Gasteiger partial charge in [-0.05, 0) is 18.3 Å². The zero-order valence-corrected chi connectivity index (χ0v) is 9.63. The normalized spacial score (nSPS) is 13.3. The second-order valence-electron chi connectivity index (χ2n) is 4.66. The van der Waals surface area contributed by atoms with Gasteiger partial charge in [0.2, 0.25) is 0 Å². The van der Waals surface area contributed by atoms with Gasteiger partial charge in [-0.2, -0.15) is 0 Å². The van der Waals surface area contributed by atoms with E-state index in [2.05, 4.69) is 0 Å². The van der Waals surface area contributed by atoms with Crippen molar-refractivity contribution in [3.63, 3.8) is 0 Å². The molecule has 0 aliphatic carbocycles. The fraction of sp³-hybridized carbons (Fsp3) is 0.636. The largest absolute Gasteiger partial charge is 0.478 e. The maximum absolute atomic E-state index is 11.0. The van der Waals surface area contributed by atoms with Crippen LogP contribution in [0.5, 0.6) is 0 Å². The predicted molar refractivity (Wildman–Crippen MR) is 56.7 cm³/mol. The van der Waals surface area contributed by atoms with Gasteiger partial charge in [-0.3, -0.25) is 0 Å². The molecular formula is C11H18O4. The summed E-state index contributed by atoms with van der Waals surface area (Å²) in [5, 5.41) is 17.8. The monoisotopic (exact) mass is 214 g/mol. The van der Waals surface area contributed by atoms with Crippen molar-refractivity contribution >= 4 is 11.9 Å². The Kier molecular flexibility index (Phi) is 4.52. The number of rotatable bonds is 4. The molecule has 0 saturated heterocycles. The average molecular weight is 214 g/mol. The summed E-state index contributed by atoms with van der Waals surface area (Å²) in [5.74, 6) is -2.27. The van der Waals surface area contributed by atoms with Gasteiger partial charge in [0, 0.05) is 11.1 Å². The minimum atomic E-state index is -1.14. The van der Waals surface area contributed by atoms with Gasteiger partial charge in [-0.15, -0.1) is 0 Å². The van der Waals surface area contributed by atoms with Gasteiger partial charge in [0.25, 0.3) is 0 Å². The lowest BCUT2D eigenvalue weighted by Crippen LogP contribution is -2.17. The molecule has 0 radical (unpaired) electrons. The topological polar surface area (TPSA) is 74.6 Å². The highest BCUT2D eigenvalue weighted by Gasteiger charge is 2.23. The molecule has 4 nitrogen and oxygen atoms in total. The third-order valence-corrected chi connectivity index (χ3v) is 1.94. The number of hydrogen-bond acceptors (Lipinski definition) is 2. The van der Waals surface area contributed by atoms with Crippen LogP contribution >= 0.6 is 0 Å². The van der Waals surface area contributed by atoms with Gasteiger partial charge in [0.15, 0.2) is 0 Å². The molecule has 4 heteroatoms. The van der Waals surface area contributed by atoms with Crippen molar-refractivity contribution in [2.75, 3.05) is 0 Å². The highest BCUT2D eigenvalue weighted by molar-refractivity contribution is 5.98. The minimum Gasteiger partial charge on any atom is -0.478 e. The number of aliphatic carboxylic acids is 2. The smallest absolute Gasteiger partial charge is 0.332 e. The summed E-state index contributed by atoms with van der Waals surface area (Å²) in [7, 11) is 0. The third-order valence-electron chi connectivity index (χ3n) is 1.94. The molecule has 0 rings (SSSR count). The Bertz CT molecular complexity index is 294. The molecule has 0 aromatic heterocycles. The van der Waals surface area contributed by atoms with Gasteiger partial charge >= 0.3 is 11.9 Å². The molecule has 0 spiro atoms. The molecule has 0 heterocycles. The van der Waals surface area contributed by atoms with E-state index >= 15 is 0 Å². The zero-order chi connectivity index (χ0) is 12.2. The van der Waals surface area contributed by atoms with Crippen molar-refractivity contribution in [1.82, 2.24) is 0 Å². The van der Waals surface area contributed by atoms with Crippen molar-refractivity contribution in [2.45, 2.75) is 40.5 Å². The first-order valence-electron chi connectivity index (χ1n) is 4.87. The van der Waals surface area contributed by atoms with E-state index in [-0.39, 0.29) is 29.4 Å². The van der Waals surface area contributed by atoms with Gasteiger partial charge in [-0.1, -0.05) is 27.7 Å². The Morgan fingerprint density at radius 2 is 1.40 bits per heavy atom. The summed E-state index contributed by atoms with van der Waals surface area (Å²) in [6.45, 7) is 7.29. The van der Waals surface area contributed by atoms with Crippen LogP contribution in [0.3, 0.4) is 0 Å². The number of carboxylic acids is 2. The molecule has 0 saturated carbocycles. The lowest BCUT2D eigenvalue weighted by atomic mass is 9.85. The predicted octanol–water partition coefficient (Wildman–Crippen LogP) is 2.30. The SMILES string of the molecule is CCC(C(=O)O)=C(CC(C)(C)C)C(=O)O. The molecule has 0 fully saturated rings. The molecule has 0 aromatic carbocycles. The molecule has 86 valence electrons. The fourth-order valence-corrected chi connectivity index (χ4v) is 1.34. The molecule has 0 aliphatic heterocycles. The Labute approximate surface area is 89.6 Å². The summed E-state index contributed by atoms with van der Waals surface area (Å²) in [6, 6.07) is 0. The van der Waals surface area contributed by atoms with E-state index in [1.165, 1.54) is 0 Å². The first-order valence-corrected chi connectivity index (χ1v) is 4.87. The second-order valence-corrected chi connectivity index (χ2v) is 4.66. The first-order chi connectivity index (χ1) is 6.69. The van der Waals surface area contributed by atoms with Crippen LogP contribution in [0.1, 0.15) is 40.5 Å². The van der Waals surface area contributed by atoms with Crippen LogP contribution in [0.15, 0.2) is 11.1 Å². The number of hydrogen-bond donors (Lipinski definition) is 2. The van der Waals surface area contributed by atoms with Gasteiger partial charge in [-0.25, -0.2) is 9.59 Å². The summed E-state index contributed by atoms with van der Waals surface area (Å²) in [6.07, 6.45) is 0.491. The molecular weight excluding hydrogens is 196 g/mol.